The molecule has 2 N–H and O–H groups in total. The van der Waals surface area contributed by atoms with Gasteiger partial charge >= 0.3 is 0 Å². The Bertz CT molecular complexity index is 285. The Labute approximate surface area is 98.4 Å². The monoisotopic (exact) mass is 277 g/mol. The number of hydrogen-bond acceptors (Lipinski definition) is 2. The molecular weight excluding hydrogens is 265 g/mol. The predicted octanol–water partition coefficient (Wildman–Crippen LogP) is 2.74. The quantitative estimate of drug-likeness (QED) is 0.903. The number of nitrogens with two attached hydrogens (primary N) is 1. The molecule has 0 amide bonds. The third kappa shape index (κ3) is 2.87. The second kappa shape index (κ2) is 5.01. The summed E-state index contributed by atoms with van der Waals surface area (Å²) in [6, 6.07) is 8.24. The van der Waals surface area contributed by atoms with E-state index in [1.165, 1.54) is 0 Å². The first-order valence-corrected chi connectivity index (χ1v) is 5.21. The molecule has 2 rings (SSSR count). The van der Waals surface area contributed by atoms with Gasteiger partial charge in [0.25, 0.3) is 0 Å². The van der Waals surface area contributed by atoms with Crippen LogP contribution < -0.4 is 10.5 Å². The molecule has 0 atom stereocenters. The van der Waals surface area contributed by atoms with Crippen LogP contribution >= 0.6 is 28.3 Å². The molecule has 0 spiro atoms. The Hall–Kier alpha value is -0.250. The van der Waals surface area contributed by atoms with Crippen LogP contribution in [0, 0.1) is 0 Å². The topological polar surface area (TPSA) is 35.2 Å². The molecule has 78 valence electrons. The van der Waals surface area contributed by atoms with Gasteiger partial charge in [0, 0.05) is 10.5 Å². The van der Waals surface area contributed by atoms with Gasteiger partial charge in [-0.2, -0.15) is 0 Å². The molecule has 1 aliphatic rings. The Morgan fingerprint density at radius 1 is 1.21 bits per heavy atom. The Kier molecular flexibility index (Phi) is 4.23. The summed E-state index contributed by atoms with van der Waals surface area (Å²) in [6.45, 7) is 0. The minimum absolute atomic E-state index is 0. The van der Waals surface area contributed by atoms with E-state index in [4.69, 9.17) is 10.5 Å². The molecule has 0 saturated heterocycles. The van der Waals surface area contributed by atoms with Crippen LogP contribution in [0.15, 0.2) is 28.7 Å². The van der Waals surface area contributed by atoms with Gasteiger partial charge in [0.2, 0.25) is 0 Å². The van der Waals surface area contributed by atoms with Crippen LogP contribution in [0.2, 0.25) is 0 Å². The van der Waals surface area contributed by atoms with Crippen molar-refractivity contribution >= 4 is 28.3 Å². The number of hydrogen-bond donors (Lipinski definition) is 1. The number of halogens is 2. The van der Waals surface area contributed by atoms with Gasteiger partial charge in [-0.1, -0.05) is 15.9 Å². The molecule has 4 heteroatoms. The van der Waals surface area contributed by atoms with Gasteiger partial charge in [0.1, 0.15) is 11.9 Å². The van der Waals surface area contributed by atoms with E-state index in [1.54, 1.807) is 0 Å². The lowest BCUT2D eigenvalue weighted by Gasteiger charge is -2.32. The number of ether oxygens (including phenoxy) is 1. The van der Waals surface area contributed by atoms with Crippen molar-refractivity contribution in [1.29, 1.82) is 0 Å². The summed E-state index contributed by atoms with van der Waals surface area (Å²) in [5.41, 5.74) is 5.66. The number of rotatable bonds is 2. The predicted molar refractivity (Wildman–Crippen MR) is 63.0 cm³/mol. The zero-order valence-electron chi connectivity index (χ0n) is 7.65. The van der Waals surface area contributed by atoms with Crippen molar-refractivity contribution in [2.75, 3.05) is 0 Å². The summed E-state index contributed by atoms with van der Waals surface area (Å²) in [6.07, 6.45) is 2.29. The highest BCUT2D eigenvalue weighted by molar-refractivity contribution is 9.10. The average molecular weight is 279 g/mol. The maximum atomic E-state index is 5.67. The summed E-state index contributed by atoms with van der Waals surface area (Å²) in [4.78, 5) is 0. The van der Waals surface area contributed by atoms with Crippen LogP contribution in [-0.4, -0.2) is 12.1 Å². The van der Waals surface area contributed by atoms with E-state index in [-0.39, 0.29) is 12.4 Å². The molecular formula is C10H13BrClNO. The SMILES string of the molecule is Cl.NC1CC(Oc2ccc(Br)cc2)C1. The maximum absolute atomic E-state index is 5.67. The van der Waals surface area contributed by atoms with E-state index >= 15 is 0 Å². The smallest absolute Gasteiger partial charge is 0.119 e. The maximum Gasteiger partial charge on any atom is 0.119 e. The van der Waals surface area contributed by atoms with Crippen molar-refractivity contribution < 1.29 is 4.74 Å². The first kappa shape index (κ1) is 11.8. The molecule has 1 aliphatic carbocycles. The molecule has 2 nitrogen and oxygen atoms in total. The average Bonchev–Trinajstić information content (AvgIpc) is 2.06. The second-order valence-electron chi connectivity index (χ2n) is 3.43. The van der Waals surface area contributed by atoms with Gasteiger partial charge in [-0.05, 0) is 37.1 Å². The first-order chi connectivity index (χ1) is 6.24. The molecule has 1 aromatic carbocycles. The molecule has 0 aromatic heterocycles. The van der Waals surface area contributed by atoms with E-state index < -0.39 is 0 Å². The standard InChI is InChI=1S/C10H12BrNO.ClH/c11-7-1-3-9(4-2-7)13-10-5-8(12)6-10;/h1-4,8,10H,5-6,12H2;1H. The molecule has 0 aliphatic heterocycles. The summed E-state index contributed by atoms with van der Waals surface area (Å²) in [7, 11) is 0. The van der Waals surface area contributed by atoms with Crippen molar-refractivity contribution in [2.45, 2.75) is 25.0 Å². The van der Waals surface area contributed by atoms with Crippen molar-refractivity contribution in [2.24, 2.45) is 5.73 Å². The molecule has 1 fully saturated rings. The highest BCUT2D eigenvalue weighted by atomic mass is 79.9. The van der Waals surface area contributed by atoms with Gasteiger partial charge in [-0.3, -0.25) is 0 Å². The third-order valence-electron chi connectivity index (χ3n) is 2.25. The van der Waals surface area contributed by atoms with Crippen LogP contribution in [-0.2, 0) is 0 Å². The fourth-order valence-corrected chi connectivity index (χ4v) is 1.67. The zero-order chi connectivity index (χ0) is 9.26. The van der Waals surface area contributed by atoms with Crippen molar-refractivity contribution in [1.82, 2.24) is 0 Å². The molecule has 0 unspecified atom stereocenters. The van der Waals surface area contributed by atoms with Gasteiger partial charge in [-0.15, -0.1) is 12.4 Å². The molecule has 0 radical (unpaired) electrons. The van der Waals surface area contributed by atoms with Crippen molar-refractivity contribution in [3.63, 3.8) is 0 Å². The summed E-state index contributed by atoms with van der Waals surface area (Å²) in [5, 5.41) is 0. The Morgan fingerprint density at radius 2 is 1.79 bits per heavy atom. The zero-order valence-corrected chi connectivity index (χ0v) is 10.1. The second-order valence-corrected chi connectivity index (χ2v) is 4.34. The van der Waals surface area contributed by atoms with E-state index in [1.807, 2.05) is 24.3 Å². The Balaban J connectivity index is 0.000000980. The minimum Gasteiger partial charge on any atom is -0.490 e. The largest absolute Gasteiger partial charge is 0.490 e. The molecule has 14 heavy (non-hydrogen) atoms. The summed E-state index contributed by atoms with van der Waals surface area (Å²) >= 11 is 3.38. The van der Waals surface area contributed by atoms with E-state index in [0.29, 0.717) is 12.1 Å². The van der Waals surface area contributed by atoms with Gasteiger partial charge in [-0.25, -0.2) is 0 Å². The van der Waals surface area contributed by atoms with Crippen molar-refractivity contribution in [3.05, 3.63) is 28.7 Å². The van der Waals surface area contributed by atoms with Gasteiger partial charge < -0.3 is 10.5 Å². The lowest BCUT2D eigenvalue weighted by Crippen LogP contribution is -2.43. The fourth-order valence-electron chi connectivity index (χ4n) is 1.41. The van der Waals surface area contributed by atoms with Crippen LogP contribution in [0.1, 0.15) is 12.8 Å². The van der Waals surface area contributed by atoms with Gasteiger partial charge in [0.05, 0.1) is 0 Å². The van der Waals surface area contributed by atoms with Gasteiger partial charge in [0.15, 0.2) is 0 Å². The summed E-state index contributed by atoms with van der Waals surface area (Å²) in [5.74, 6) is 0.931. The fraction of sp³-hybridized carbons (Fsp3) is 0.400. The van der Waals surface area contributed by atoms with Crippen LogP contribution in [0.3, 0.4) is 0 Å². The van der Waals surface area contributed by atoms with E-state index in [0.717, 1.165) is 23.1 Å². The highest BCUT2D eigenvalue weighted by Gasteiger charge is 2.27. The van der Waals surface area contributed by atoms with Crippen LogP contribution in [0.4, 0.5) is 0 Å². The normalized spacial score (nSPS) is 24.7. The highest BCUT2D eigenvalue weighted by Crippen LogP contribution is 2.25. The molecule has 1 aromatic rings. The number of benzene rings is 1. The summed E-state index contributed by atoms with van der Waals surface area (Å²) < 4.78 is 6.75. The van der Waals surface area contributed by atoms with Crippen LogP contribution in [0.25, 0.3) is 0 Å². The molecule has 1 saturated carbocycles. The first-order valence-electron chi connectivity index (χ1n) is 4.42. The Morgan fingerprint density at radius 3 is 2.29 bits per heavy atom. The van der Waals surface area contributed by atoms with E-state index in [2.05, 4.69) is 15.9 Å². The van der Waals surface area contributed by atoms with Crippen molar-refractivity contribution in [3.8, 4) is 5.75 Å². The third-order valence-corrected chi connectivity index (χ3v) is 2.78. The molecule has 0 heterocycles. The van der Waals surface area contributed by atoms with E-state index in [9.17, 15) is 0 Å². The minimum atomic E-state index is 0. The molecule has 0 bridgehead atoms. The lowest BCUT2D eigenvalue weighted by atomic mass is 9.90. The lowest BCUT2D eigenvalue weighted by molar-refractivity contribution is 0.101. The van der Waals surface area contributed by atoms with Crippen LogP contribution in [0.5, 0.6) is 5.75 Å².